The molecular weight excluding hydrogens is 272 g/mol. The van der Waals surface area contributed by atoms with Gasteiger partial charge in [-0.3, -0.25) is 9.69 Å². The Morgan fingerprint density at radius 3 is 2.45 bits per heavy atom. The smallest absolute Gasteiger partial charge is 0.178 e. The Morgan fingerprint density at radius 1 is 1.09 bits per heavy atom. The Morgan fingerprint density at radius 2 is 1.77 bits per heavy atom. The van der Waals surface area contributed by atoms with Crippen LogP contribution in [-0.2, 0) is 0 Å². The van der Waals surface area contributed by atoms with E-state index in [-0.39, 0.29) is 5.78 Å². The molecule has 0 bridgehead atoms. The molecule has 1 aromatic heterocycles. The fraction of sp³-hybridized carbons (Fsp3) is 0.421. The van der Waals surface area contributed by atoms with E-state index in [1.54, 1.807) is 0 Å². The lowest BCUT2D eigenvalue weighted by Gasteiger charge is -2.14. The van der Waals surface area contributed by atoms with Crippen molar-refractivity contribution in [2.45, 2.75) is 33.6 Å². The minimum absolute atomic E-state index is 0.245. The first-order valence-electron chi connectivity index (χ1n) is 8.08. The van der Waals surface area contributed by atoms with Gasteiger partial charge < -0.3 is 4.57 Å². The van der Waals surface area contributed by atoms with E-state index in [2.05, 4.69) is 42.4 Å². The average Bonchev–Trinajstić information content (AvgIpc) is 3.08. The van der Waals surface area contributed by atoms with Gasteiger partial charge in [0.25, 0.3) is 0 Å². The van der Waals surface area contributed by atoms with E-state index in [1.165, 1.54) is 18.4 Å². The number of benzene rings is 1. The molecule has 1 aliphatic heterocycles. The number of hydrogen-bond acceptors (Lipinski definition) is 2. The number of ketones is 1. The summed E-state index contributed by atoms with van der Waals surface area (Å²) in [6, 6.07) is 10.4. The van der Waals surface area contributed by atoms with Gasteiger partial charge in [0, 0.05) is 22.6 Å². The minimum Gasteiger partial charge on any atom is -0.317 e. The number of nitrogens with zero attached hydrogens (tertiary/aromatic N) is 2. The maximum absolute atomic E-state index is 12.6. The Hall–Kier alpha value is -1.87. The van der Waals surface area contributed by atoms with Crippen LogP contribution in [0.5, 0.6) is 0 Å². The number of carbonyl (C=O) groups excluding carboxylic acids is 1. The summed E-state index contributed by atoms with van der Waals surface area (Å²) >= 11 is 0. The highest BCUT2D eigenvalue weighted by Gasteiger charge is 2.21. The summed E-state index contributed by atoms with van der Waals surface area (Å²) in [5.41, 5.74) is 5.43. The van der Waals surface area contributed by atoms with Crippen LogP contribution in [0.1, 0.15) is 40.2 Å². The third kappa shape index (κ3) is 2.73. The molecule has 0 amide bonds. The molecule has 0 atom stereocenters. The third-order valence-corrected chi connectivity index (χ3v) is 4.65. The Kier molecular flexibility index (Phi) is 4.16. The first kappa shape index (κ1) is 15.0. The molecule has 0 unspecified atom stereocenters. The predicted molar refractivity (Wildman–Crippen MR) is 90.0 cm³/mol. The summed E-state index contributed by atoms with van der Waals surface area (Å²) in [5, 5.41) is 0. The van der Waals surface area contributed by atoms with Gasteiger partial charge in [0.2, 0.25) is 0 Å². The second-order valence-electron chi connectivity index (χ2n) is 6.31. The lowest BCUT2D eigenvalue weighted by atomic mass is 10.1. The summed E-state index contributed by atoms with van der Waals surface area (Å²) in [5.74, 6) is 0.245. The molecule has 0 radical (unpaired) electrons. The predicted octanol–water partition coefficient (Wildman–Crippen LogP) is 3.68. The second kappa shape index (κ2) is 6.09. The van der Waals surface area contributed by atoms with Crippen LogP contribution in [0.2, 0.25) is 0 Å². The zero-order valence-corrected chi connectivity index (χ0v) is 13.7. The minimum atomic E-state index is 0.245. The molecule has 22 heavy (non-hydrogen) atoms. The zero-order valence-electron chi connectivity index (χ0n) is 13.7. The van der Waals surface area contributed by atoms with Crippen LogP contribution in [0.25, 0.3) is 5.69 Å². The molecule has 2 heterocycles. The molecule has 0 spiro atoms. The summed E-state index contributed by atoms with van der Waals surface area (Å²) < 4.78 is 2.20. The highest BCUT2D eigenvalue weighted by molar-refractivity contribution is 5.99. The zero-order chi connectivity index (χ0) is 15.7. The number of aromatic nitrogens is 1. The number of carbonyl (C=O) groups is 1. The summed E-state index contributed by atoms with van der Waals surface area (Å²) in [7, 11) is 0. The van der Waals surface area contributed by atoms with E-state index in [0.29, 0.717) is 6.54 Å². The number of hydrogen-bond donors (Lipinski definition) is 0. The maximum atomic E-state index is 12.6. The average molecular weight is 296 g/mol. The Bertz CT molecular complexity index is 693. The molecule has 0 N–H and O–H groups in total. The molecule has 116 valence electrons. The quantitative estimate of drug-likeness (QED) is 0.804. The lowest BCUT2D eigenvalue weighted by Crippen LogP contribution is -2.27. The van der Waals surface area contributed by atoms with Gasteiger partial charge in [-0.25, -0.2) is 0 Å². The van der Waals surface area contributed by atoms with Crippen LogP contribution < -0.4 is 0 Å². The van der Waals surface area contributed by atoms with Crippen LogP contribution in [-0.4, -0.2) is 34.9 Å². The summed E-state index contributed by atoms with van der Waals surface area (Å²) in [6.45, 7) is 8.91. The van der Waals surface area contributed by atoms with Crippen molar-refractivity contribution < 1.29 is 4.79 Å². The van der Waals surface area contributed by atoms with Crippen LogP contribution in [0.3, 0.4) is 0 Å². The van der Waals surface area contributed by atoms with Gasteiger partial charge in [-0.2, -0.15) is 0 Å². The van der Waals surface area contributed by atoms with Crippen molar-refractivity contribution in [2.24, 2.45) is 0 Å². The second-order valence-corrected chi connectivity index (χ2v) is 6.31. The van der Waals surface area contributed by atoms with E-state index in [1.807, 2.05) is 18.2 Å². The molecule has 1 saturated heterocycles. The van der Waals surface area contributed by atoms with E-state index >= 15 is 0 Å². The van der Waals surface area contributed by atoms with Crippen molar-refractivity contribution in [2.75, 3.05) is 19.6 Å². The van der Waals surface area contributed by atoms with Crippen LogP contribution in [0.4, 0.5) is 0 Å². The van der Waals surface area contributed by atoms with Crippen LogP contribution >= 0.6 is 0 Å². The molecule has 0 saturated carbocycles. The molecule has 1 aliphatic rings. The number of rotatable bonds is 4. The highest BCUT2D eigenvalue weighted by atomic mass is 16.1. The van der Waals surface area contributed by atoms with E-state index < -0.39 is 0 Å². The summed E-state index contributed by atoms with van der Waals surface area (Å²) in [4.78, 5) is 14.9. The molecule has 1 aromatic carbocycles. The molecule has 3 nitrogen and oxygen atoms in total. The van der Waals surface area contributed by atoms with Gasteiger partial charge in [0.05, 0.1) is 6.54 Å². The van der Waals surface area contributed by atoms with Gasteiger partial charge in [-0.15, -0.1) is 0 Å². The first-order valence-corrected chi connectivity index (χ1v) is 8.08. The standard InChI is InChI=1S/C19H24N2O/c1-14-8-4-5-9-18(14)21-15(2)12-17(16(21)3)19(22)13-20-10-6-7-11-20/h4-5,8-9,12H,6-7,10-11,13H2,1-3H3. The number of para-hydroxylation sites is 1. The Balaban J connectivity index is 1.93. The largest absolute Gasteiger partial charge is 0.317 e. The van der Waals surface area contributed by atoms with Gasteiger partial charge in [0.15, 0.2) is 5.78 Å². The monoisotopic (exact) mass is 296 g/mol. The topological polar surface area (TPSA) is 25.2 Å². The highest BCUT2D eigenvalue weighted by Crippen LogP contribution is 2.24. The normalized spacial score (nSPS) is 15.4. The van der Waals surface area contributed by atoms with Crippen molar-refractivity contribution >= 4 is 5.78 Å². The number of aryl methyl sites for hydroxylation is 2. The summed E-state index contributed by atoms with van der Waals surface area (Å²) in [6.07, 6.45) is 2.44. The molecule has 2 aromatic rings. The van der Waals surface area contributed by atoms with Gasteiger partial charge >= 0.3 is 0 Å². The number of likely N-dealkylation sites (tertiary alicyclic amines) is 1. The molecular formula is C19H24N2O. The fourth-order valence-corrected chi connectivity index (χ4v) is 3.46. The third-order valence-electron chi connectivity index (χ3n) is 4.65. The van der Waals surface area contributed by atoms with Crippen LogP contribution in [0, 0.1) is 20.8 Å². The molecule has 1 fully saturated rings. The van der Waals surface area contributed by atoms with Crippen molar-refractivity contribution in [3.8, 4) is 5.69 Å². The van der Waals surface area contributed by atoms with Crippen molar-refractivity contribution in [3.05, 3.63) is 52.8 Å². The SMILES string of the molecule is Cc1ccccc1-n1c(C)cc(C(=O)CN2CCCC2)c1C. The lowest BCUT2D eigenvalue weighted by molar-refractivity contribution is 0.0944. The van der Waals surface area contributed by atoms with Gasteiger partial charge in [-0.05, 0) is 64.4 Å². The van der Waals surface area contributed by atoms with Crippen molar-refractivity contribution in [1.29, 1.82) is 0 Å². The van der Waals surface area contributed by atoms with E-state index in [0.717, 1.165) is 35.7 Å². The van der Waals surface area contributed by atoms with Crippen molar-refractivity contribution in [1.82, 2.24) is 9.47 Å². The maximum Gasteiger partial charge on any atom is 0.178 e. The van der Waals surface area contributed by atoms with Gasteiger partial charge in [-0.1, -0.05) is 18.2 Å². The number of Topliss-reactive ketones (excluding diaryl/α,β-unsaturated/α-hetero) is 1. The van der Waals surface area contributed by atoms with E-state index in [4.69, 9.17) is 0 Å². The molecule has 3 heteroatoms. The molecule has 3 rings (SSSR count). The van der Waals surface area contributed by atoms with E-state index in [9.17, 15) is 4.79 Å². The van der Waals surface area contributed by atoms with Gasteiger partial charge in [0.1, 0.15) is 0 Å². The fourth-order valence-electron chi connectivity index (χ4n) is 3.46. The molecule has 0 aliphatic carbocycles. The first-order chi connectivity index (χ1) is 10.6. The van der Waals surface area contributed by atoms with Crippen LogP contribution in [0.15, 0.2) is 30.3 Å². The van der Waals surface area contributed by atoms with Crippen molar-refractivity contribution in [3.63, 3.8) is 0 Å². The Labute approximate surface area is 132 Å².